The second kappa shape index (κ2) is 8.96. The van der Waals surface area contributed by atoms with E-state index in [1.54, 1.807) is 13.2 Å². The van der Waals surface area contributed by atoms with E-state index in [1.807, 2.05) is 53.4 Å². The van der Waals surface area contributed by atoms with Crippen LogP contribution in [0.4, 0.5) is 5.82 Å². The molecule has 5 rings (SSSR count). The van der Waals surface area contributed by atoms with E-state index < -0.39 is 0 Å². The van der Waals surface area contributed by atoms with Crippen molar-refractivity contribution in [1.29, 1.82) is 0 Å². The molecule has 0 N–H and O–H groups in total. The lowest BCUT2D eigenvalue weighted by Gasteiger charge is -2.34. The highest BCUT2D eigenvalue weighted by Crippen LogP contribution is 2.31. The van der Waals surface area contributed by atoms with E-state index in [1.165, 1.54) is 0 Å². The highest BCUT2D eigenvalue weighted by atomic mass is 16.5. The van der Waals surface area contributed by atoms with Gasteiger partial charge in [0.1, 0.15) is 11.6 Å². The number of ether oxygens (including phenoxy) is 2. The molecule has 1 saturated heterocycles. The number of carbonyl (C=O) groups excluding carboxylic acids is 1. The average Bonchev–Trinajstić information content (AvgIpc) is 2.88. The van der Waals surface area contributed by atoms with Crippen molar-refractivity contribution in [1.82, 2.24) is 14.9 Å². The molecule has 0 radical (unpaired) electrons. The largest absolute Gasteiger partial charge is 0.497 e. The van der Waals surface area contributed by atoms with Gasteiger partial charge >= 0.3 is 0 Å². The number of hydrogen-bond donors (Lipinski definition) is 0. The van der Waals surface area contributed by atoms with Crippen LogP contribution < -0.4 is 9.64 Å². The molecule has 0 aliphatic carbocycles. The van der Waals surface area contributed by atoms with Gasteiger partial charge in [-0.05, 0) is 18.2 Å². The molecule has 2 aliphatic heterocycles. The maximum absolute atomic E-state index is 13.2. The Kier molecular flexibility index (Phi) is 5.73. The van der Waals surface area contributed by atoms with E-state index in [4.69, 9.17) is 19.4 Å². The maximum atomic E-state index is 13.2. The van der Waals surface area contributed by atoms with Gasteiger partial charge in [-0.3, -0.25) is 4.79 Å². The molecular weight excluding hydrogens is 404 g/mol. The predicted molar refractivity (Wildman–Crippen MR) is 122 cm³/mol. The molecule has 1 aromatic heterocycles. The summed E-state index contributed by atoms with van der Waals surface area (Å²) in [7, 11) is 1.61. The Morgan fingerprint density at radius 2 is 1.81 bits per heavy atom. The topological polar surface area (TPSA) is 67.8 Å². The average molecular weight is 431 g/mol. The third-order valence-electron chi connectivity index (χ3n) is 5.98. The molecule has 0 atom stereocenters. The van der Waals surface area contributed by atoms with Gasteiger partial charge in [0, 0.05) is 42.7 Å². The maximum Gasteiger partial charge on any atom is 0.254 e. The van der Waals surface area contributed by atoms with E-state index in [9.17, 15) is 4.79 Å². The van der Waals surface area contributed by atoms with Crippen molar-refractivity contribution in [2.24, 2.45) is 0 Å². The number of carbonyl (C=O) groups is 1. The van der Waals surface area contributed by atoms with Crippen LogP contribution in [0.15, 0.2) is 54.6 Å². The van der Waals surface area contributed by atoms with Crippen LogP contribution in [-0.4, -0.2) is 60.7 Å². The molecular formula is C25H26N4O3. The Bertz CT molecular complexity index is 1110. The third-order valence-corrected chi connectivity index (χ3v) is 5.98. The van der Waals surface area contributed by atoms with Crippen molar-refractivity contribution in [3.63, 3.8) is 0 Å². The molecule has 0 spiro atoms. The summed E-state index contributed by atoms with van der Waals surface area (Å²) in [5.41, 5.74) is 3.69. The zero-order valence-corrected chi connectivity index (χ0v) is 18.2. The number of morpholine rings is 1. The van der Waals surface area contributed by atoms with Gasteiger partial charge in [0.25, 0.3) is 5.91 Å². The molecule has 0 bridgehead atoms. The van der Waals surface area contributed by atoms with Crippen molar-refractivity contribution < 1.29 is 14.3 Å². The Morgan fingerprint density at radius 1 is 1.00 bits per heavy atom. The number of nitrogens with zero attached hydrogens (tertiary/aromatic N) is 4. The highest BCUT2D eigenvalue weighted by molar-refractivity contribution is 5.94. The number of aromatic nitrogens is 2. The van der Waals surface area contributed by atoms with Gasteiger partial charge in [0.15, 0.2) is 5.82 Å². The van der Waals surface area contributed by atoms with E-state index in [0.29, 0.717) is 44.0 Å². The number of methoxy groups -OCH3 is 1. The first-order valence-corrected chi connectivity index (χ1v) is 10.9. The third kappa shape index (κ3) is 4.03. The lowest BCUT2D eigenvalue weighted by Crippen LogP contribution is -2.41. The lowest BCUT2D eigenvalue weighted by molar-refractivity contribution is 0.0732. The monoisotopic (exact) mass is 430 g/mol. The summed E-state index contributed by atoms with van der Waals surface area (Å²) in [4.78, 5) is 27.3. The van der Waals surface area contributed by atoms with Crippen LogP contribution in [0.5, 0.6) is 5.75 Å². The van der Waals surface area contributed by atoms with Gasteiger partial charge in [0.05, 0.1) is 32.6 Å². The van der Waals surface area contributed by atoms with Gasteiger partial charge in [0.2, 0.25) is 0 Å². The summed E-state index contributed by atoms with van der Waals surface area (Å²) in [5.74, 6) is 2.33. The van der Waals surface area contributed by atoms with Crippen LogP contribution in [0, 0.1) is 0 Å². The van der Waals surface area contributed by atoms with E-state index in [-0.39, 0.29) is 5.91 Å². The number of hydrogen-bond acceptors (Lipinski definition) is 6. The molecule has 164 valence electrons. The smallest absolute Gasteiger partial charge is 0.254 e. The number of benzene rings is 2. The van der Waals surface area contributed by atoms with Gasteiger partial charge in [-0.2, -0.15) is 0 Å². The predicted octanol–water partition coefficient (Wildman–Crippen LogP) is 3.19. The summed E-state index contributed by atoms with van der Waals surface area (Å²) in [6.45, 7) is 4.02. The van der Waals surface area contributed by atoms with Crippen molar-refractivity contribution >= 4 is 11.7 Å². The van der Waals surface area contributed by atoms with Crippen LogP contribution in [-0.2, 0) is 17.7 Å². The minimum Gasteiger partial charge on any atom is -0.497 e. The molecule has 0 saturated carbocycles. The summed E-state index contributed by atoms with van der Waals surface area (Å²) >= 11 is 0. The number of amides is 1. The fourth-order valence-electron chi connectivity index (χ4n) is 4.26. The summed E-state index contributed by atoms with van der Waals surface area (Å²) in [6.07, 6.45) is 0.699. The fraction of sp³-hybridized carbons (Fsp3) is 0.320. The second-order valence-electron chi connectivity index (χ2n) is 7.97. The SMILES string of the molecule is COc1cccc(C(=O)N2CCc3nc(-c4ccccc4)nc(N4CCOCC4)c3C2)c1. The molecule has 0 unspecified atom stereocenters. The Morgan fingerprint density at radius 3 is 2.59 bits per heavy atom. The zero-order valence-electron chi connectivity index (χ0n) is 18.2. The minimum atomic E-state index is -0.00499. The number of anilines is 1. The Hall–Kier alpha value is -3.45. The zero-order chi connectivity index (χ0) is 21.9. The first kappa shape index (κ1) is 20.5. The summed E-state index contributed by atoms with van der Waals surface area (Å²) in [5, 5.41) is 0. The molecule has 1 amide bonds. The van der Waals surface area contributed by atoms with Crippen LogP contribution >= 0.6 is 0 Å². The molecule has 2 aliphatic rings. The number of rotatable bonds is 4. The molecule has 32 heavy (non-hydrogen) atoms. The number of fused-ring (bicyclic) bond motifs is 1. The first-order valence-electron chi connectivity index (χ1n) is 10.9. The molecule has 3 aromatic rings. The Balaban J connectivity index is 1.50. The second-order valence-corrected chi connectivity index (χ2v) is 7.97. The normalized spacial score (nSPS) is 15.9. The molecule has 7 heteroatoms. The van der Waals surface area contributed by atoms with E-state index in [0.717, 1.165) is 41.6 Å². The van der Waals surface area contributed by atoms with Gasteiger partial charge in [-0.15, -0.1) is 0 Å². The van der Waals surface area contributed by atoms with Crippen molar-refractivity contribution in [2.45, 2.75) is 13.0 Å². The van der Waals surface area contributed by atoms with Crippen LogP contribution in [0.25, 0.3) is 11.4 Å². The molecule has 3 heterocycles. The molecule has 2 aromatic carbocycles. The fourth-order valence-corrected chi connectivity index (χ4v) is 4.26. The van der Waals surface area contributed by atoms with Gasteiger partial charge in [-0.25, -0.2) is 9.97 Å². The van der Waals surface area contributed by atoms with Crippen molar-refractivity contribution in [3.05, 3.63) is 71.4 Å². The lowest BCUT2D eigenvalue weighted by atomic mass is 10.0. The quantitative estimate of drug-likeness (QED) is 0.633. The highest BCUT2D eigenvalue weighted by Gasteiger charge is 2.29. The van der Waals surface area contributed by atoms with Gasteiger partial charge in [-0.1, -0.05) is 36.4 Å². The Labute approximate surface area is 187 Å². The standard InChI is InChI=1S/C25H26N4O3/c1-31-20-9-5-8-19(16-20)25(30)29-11-10-22-21(17-29)24(28-12-14-32-15-13-28)27-23(26-22)18-6-3-2-4-7-18/h2-9,16H,10-15,17H2,1H3. The molecule has 7 nitrogen and oxygen atoms in total. The summed E-state index contributed by atoms with van der Waals surface area (Å²) < 4.78 is 10.9. The van der Waals surface area contributed by atoms with E-state index in [2.05, 4.69) is 4.90 Å². The van der Waals surface area contributed by atoms with Crippen molar-refractivity contribution in [2.75, 3.05) is 44.9 Å². The summed E-state index contributed by atoms with van der Waals surface area (Å²) in [6, 6.07) is 17.4. The van der Waals surface area contributed by atoms with E-state index >= 15 is 0 Å². The van der Waals surface area contributed by atoms with Crippen LogP contribution in [0.1, 0.15) is 21.6 Å². The van der Waals surface area contributed by atoms with Gasteiger partial charge < -0.3 is 19.3 Å². The molecule has 1 fully saturated rings. The van der Waals surface area contributed by atoms with Crippen LogP contribution in [0.2, 0.25) is 0 Å². The first-order chi connectivity index (χ1) is 15.7. The minimum absolute atomic E-state index is 0.00499. The van der Waals surface area contributed by atoms with Crippen molar-refractivity contribution in [3.8, 4) is 17.1 Å². The van der Waals surface area contributed by atoms with Crippen LogP contribution in [0.3, 0.4) is 0 Å².